The van der Waals surface area contributed by atoms with Gasteiger partial charge in [0.2, 0.25) is 0 Å². The smallest absolute Gasteiger partial charge is 0.420 e. The quantitative estimate of drug-likeness (QED) is 0.246. The molecule has 0 aliphatic carbocycles. The number of esters is 1. The zero-order valence-electron chi connectivity index (χ0n) is 14.1. The van der Waals surface area contributed by atoms with E-state index in [1.54, 1.807) is 18.2 Å². The van der Waals surface area contributed by atoms with Crippen molar-refractivity contribution in [2.24, 2.45) is 0 Å². The van der Waals surface area contributed by atoms with Crippen molar-refractivity contribution in [2.45, 2.75) is 6.54 Å². The lowest BCUT2D eigenvalue weighted by Crippen LogP contribution is -2.23. The highest BCUT2D eigenvalue weighted by Crippen LogP contribution is 2.32. The average Bonchev–Trinajstić information content (AvgIpc) is 2.95. The summed E-state index contributed by atoms with van der Waals surface area (Å²) in [6.07, 6.45) is 0. The van der Waals surface area contributed by atoms with Crippen LogP contribution in [0.1, 0.15) is 0 Å². The Balaban J connectivity index is 1.60. The fourth-order valence-electron chi connectivity index (χ4n) is 2.41. The Morgan fingerprint density at radius 2 is 1.89 bits per heavy atom. The monoisotopic (exact) mass is 426 g/mol. The lowest BCUT2D eigenvalue weighted by atomic mass is 10.3. The van der Waals surface area contributed by atoms with Gasteiger partial charge in [0.1, 0.15) is 19.8 Å². The Bertz CT molecular complexity index is 1090. The SMILES string of the molecule is O=C(Cn1c(=O)oc2cc([N+](=O)[O-])ccc21)OCCOc1c(Cl)cccc1Cl. The standard InChI is InChI=1S/C17H12Cl2N2O7/c18-11-2-1-3-12(19)16(11)27-7-6-26-15(22)9-20-13-5-4-10(21(24)25)8-14(13)28-17(20)23/h1-5,8H,6-7,9H2. The second kappa shape index (κ2) is 8.32. The van der Waals surface area contributed by atoms with Gasteiger partial charge in [0.15, 0.2) is 11.3 Å². The van der Waals surface area contributed by atoms with E-state index in [0.29, 0.717) is 10.0 Å². The molecule has 0 saturated carbocycles. The minimum absolute atomic E-state index is 0.00240. The van der Waals surface area contributed by atoms with Crippen molar-refractivity contribution in [2.75, 3.05) is 13.2 Å². The lowest BCUT2D eigenvalue weighted by Gasteiger charge is -2.10. The molecule has 3 aromatic rings. The summed E-state index contributed by atoms with van der Waals surface area (Å²) in [5.41, 5.74) is 0.0155. The number of para-hydroxylation sites is 1. The van der Waals surface area contributed by atoms with Crippen LogP contribution in [0.25, 0.3) is 11.1 Å². The van der Waals surface area contributed by atoms with Gasteiger partial charge in [-0.3, -0.25) is 19.5 Å². The first-order valence-corrected chi connectivity index (χ1v) is 8.62. The molecular weight excluding hydrogens is 415 g/mol. The number of fused-ring (bicyclic) bond motifs is 1. The second-order valence-corrected chi connectivity index (χ2v) is 6.30. The molecule has 28 heavy (non-hydrogen) atoms. The van der Waals surface area contributed by atoms with Crippen molar-refractivity contribution in [1.82, 2.24) is 4.57 Å². The maximum Gasteiger partial charge on any atom is 0.420 e. The van der Waals surface area contributed by atoms with E-state index in [9.17, 15) is 19.7 Å². The molecule has 0 bridgehead atoms. The number of nitrogens with zero attached hydrogens (tertiary/aromatic N) is 2. The van der Waals surface area contributed by atoms with E-state index >= 15 is 0 Å². The Kier molecular flexibility index (Phi) is 5.86. The molecule has 9 nitrogen and oxygen atoms in total. The number of benzene rings is 2. The second-order valence-electron chi connectivity index (χ2n) is 5.48. The maximum atomic E-state index is 12.0. The molecule has 146 valence electrons. The van der Waals surface area contributed by atoms with Crippen LogP contribution in [0.4, 0.5) is 5.69 Å². The number of rotatable bonds is 7. The van der Waals surface area contributed by atoms with Crippen molar-refractivity contribution >= 4 is 46.0 Å². The maximum absolute atomic E-state index is 12.0. The summed E-state index contributed by atoms with van der Waals surface area (Å²) in [7, 11) is 0. The minimum atomic E-state index is -0.827. The third-order valence-electron chi connectivity index (χ3n) is 3.66. The van der Waals surface area contributed by atoms with E-state index in [1.165, 1.54) is 12.1 Å². The van der Waals surface area contributed by atoms with Gasteiger partial charge in [-0.1, -0.05) is 29.3 Å². The van der Waals surface area contributed by atoms with E-state index in [4.69, 9.17) is 37.1 Å². The van der Waals surface area contributed by atoms with Gasteiger partial charge in [0.25, 0.3) is 5.69 Å². The molecule has 1 aromatic heterocycles. The van der Waals surface area contributed by atoms with Crippen LogP contribution in [0.3, 0.4) is 0 Å². The number of hydrogen-bond acceptors (Lipinski definition) is 7. The van der Waals surface area contributed by atoms with Crippen LogP contribution in [0, 0.1) is 10.1 Å². The number of oxazole rings is 1. The molecule has 0 fully saturated rings. The van der Waals surface area contributed by atoms with Crippen LogP contribution in [0.2, 0.25) is 10.0 Å². The van der Waals surface area contributed by atoms with Gasteiger partial charge >= 0.3 is 11.7 Å². The first kappa shape index (κ1) is 19.7. The summed E-state index contributed by atoms with van der Waals surface area (Å²) in [6, 6.07) is 8.53. The summed E-state index contributed by atoms with van der Waals surface area (Å²) in [4.78, 5) is 34.1. The van der Waals surface area contributed by atoms with Crippen molar-refractivity contribution in [3.8, 4) is 5.75 Å². The molecule has 3 rings (SSSR count). The van der Waals surface area contributed by atoms with E-state index in [2.05, 4.69) is 0 Å². The summed E-state index contributed by atoms with van der Waals surface area (Å²) in [5, 5.41) is 11.4. The molecule has 0 aliphatic heterocycles. The van der Waals surface area contributed by atoms with Gasteiger partial charge in [-0.05, 0) is 18.2 Å². The van der Waals surface area contributed by atoms with Crippen molar-refractivity contribution in [3.05, 3.63) is 67.1 Å². The van der Waals surface area contributed by atoms with E-state index < -0.39 is 23.2 Å². The molecule has 0 aliphatic rings. The molecule has 11 heteroatoms. The van der Waals surface area contributed by atoms with Gasteiger partial charge in [0, 0.05) is 6.07 Å². The van der Waals surface area contributed by atoms with Gasteiger partial charge in [-0.25, -0.2) is 4.79 Å². The van der Waals surface area contributed by atoms with Gasteiger partial charge in [-0.2, -0.15) is 0 Å². The molecule has 0 saturated heterocycles. The van der Waals surface area contributed by atoms with Crippen molar-refractivity contribution in [1.29, 1.82) is 0 Å². The first-order valence-electron chi connectivity index (χ1n) is 7.87. The number of hydrogen-bond donors (Lipinski definition) is 0. The number of halogens is 2. The number of aromatic nitrogens is 1. The van der Waals surface area contributed by atoms with Crippen molar-refractivity contribution in [3.63, 3.8) is 0 Å². The number of carbonyl (C=O) groups is 1. The summed E-state index contributed by atoms with van der Waals surface area (Å²) in [6.45, 7) is -0.519. The zero-order chi connectivity index (χ0) is 20.3. The Morgan fingerprint density at radius 3 is 2.57 bits per heavy atom. The molecule has 1 heterocycles. The van der Waals surface area contributed by atoms with Crippen LogP contribution in [0.5, 0.6) is 5.75 Å². The predicted molar refractivity (Wildman–Crippen MR) is 100 cm³/mol. The number of non-ortho nitro benzene ring substituents is 1. The van der Waals surface area contributed by atoms with Crippen LogP contribution >= 0.6 is 23.2 Å². The molecule has 0 N–H and O–H groups in total. The lowest BCUT2D eigenvalue weighted by molar-refractivity contribution is -0.384. The van der Waals surface area contributed by atoms with E-state index in [1.807, 2.05) is 0 Å². The third kappa shape index (κ3) is 4.26. The minimum Gasteiger partial charge on any atom is -0.487 e. The Labute approximate surface area is 167 Å². The zero-order valence-corrected chi connectivity index (χ0v) is 15.6. The topological polar surface area (TPSA) is 114 Å². The predicted octanol–water partition coefficient (Wildman–Crippen LogP) is 3.43. The van der Waals surface area contributed by atoms with Crippen LogP contribution in [-0.4, -0.2) is 28.7 Å². The van der Waals surface area contributed by atoms with Gasteiger partial charge in [0.05, 0.1) is 26.6 Å². The fourth-order valence-corrected chi connectivity index (χ4v) is 2.92. The molecule has 0 atom stereocenters. The number of nitro groups is 1. The molecule has 0 spiro atoms. The van der Waals surface area contributed by atoms with Gasteiger partial charge in [-0.15, -0.1) is 0 Å². The van der Waals surface area contributed by atoms with E-state index in [0.717, 1.165) is 10.6 Å². The third-order valence-corrected chi connectivity index (χ3v) is 4.26. The molecular formula is C17H12Cl2N2O7. The summed E-state index contributed by atoms with van der Waals surface area (Å²) in [5.74, 6) is -1.26. The largest absolute Gasteiger partial charge is 0.487 e. The highest BCUT2D eigenvalue weighted by atomic mass is 35.5. The average molecular weight is 427 g/mol. The van der Waals surface area contributed by atoms with E-state index in [-0.39, 0.29) is 35.8 Å². The molecule has 2 aromatic carbocycles. The van der Waals surface area contributed by atoms with Crippen LogP contribution in [-0.2, 0) is 16.1 Å². The number of ether oxygens (including phenoxy) is 2. The molecule has 0 unspecified atom stereocenters. The number of nitro benzene ring substituents is 1. The Hall–Kier alpha value is -3.04. The van der Waals surface area contributed by atoms with Gasteiger partial charge < -0.3 is 13.9 Å². The van der Waals surface area contributed by atoms with Crippen LogP contribution in [0.15, 0.2) is 45.6 Å². The summed E-state index contributed by atoms with van der Waals surface area (Å²) >= 11 is 11.9. The Morgan fingerprint density at radius 1 is 1.18 bits per heavy atom. The normalized spacial score (nSPS) is 10.8. The highest BCUT2D eigenvalue weighted by molar-refractivity contribution is 6.37. The highest BCUT2D eigenvalue weighted by Gasteiger charge is 2.17. The molecule has 0 radical (unpaired) electrons. The summed E-state index contributed by atoms with van der Waals surface area (Å²) < 4.78 is 16.4. The van der Waals surface area contributed by atoms with Crippen molar-refractivity contribution < 1.29 is 23.6 Å². The first-order chi connectivity index (χ1) is 13.4. The fraction of sp³-hybridized carbons (Fsp3) is 0.176. The molecule has 0 amide bonds. The van der Waals surface area contributed by atoms with Crippen LogP contribution < -0.4 is 10.5 Å². The number of carbonyl (C=O) groups excluding carboxylic acids is 1.